The summed E-state index contributed by atoms with van der Waals surface area (Å²) in [6.45, 7) is 5.62. The summed E-state index contributed by atoms with van der Waals surface area (Å²) in [6.07, 6.45) is 1.53. The molecule has 0 N–H and O–H groups in total. The third-order valence-electron chi connectivity index (χ3n) is 1.39. The van der Waals surface area contributed by atoms with Crippen LogP contribution in [0.1, 0.15) is 20.8 Å². The van der Waals surface area contributed by atoms with E-state index >= 15 is 0 Å². The van der Waals surface area contributed by atoms with E-state index in [4.69, 9.17) is 0 Å². The van der Waals surface area contributed by atoms with Crippen LogP contribution in [0.25, 0.3) is 0 Å². The molecule has 0 aliphatic heterocycles. The smallest absolute Gasteiger partial charge is 0.344 e. The standard InChI is InChI=1S/C10H16O4/c1-10(2,3)6-7(8(11)13-4)9(12)14-5/h6H,1-5H3. The van der Waals surface area contributed by atoms with Crippen LogP contribution in [0.4, 0.5) is 0 Å². The summed E-state index contributed by atoms with van der Waals surface area (Å²) >= 11 is 0. The molecular formula is C10H16O4. The first kappa shape index (κ1) is 12.7. The largest absolute Gasteiger partial charge is 0.465 e. The van der Waals surface area contributed by atoms with Crippen molar-refractivity contribution in [2.45, 2.75) is 20.8 Å². The van der Waals surface area contributed by atoms with E-state index in [9.17, 15) is 9.59 Å². The van der Waals surface area contributed by atoms with Gasteiger partial charge in [0.2, 0.25) is 0 Å². The van der Waals surface area contributed by atoms with Crippen molar-refractivity contribution in [3.8, 4) is 0 Å². The molecule has 0 heterocycles. The van der Waals surface area contributed by atoms with Gasteiger partial charge in [0.05, 0.1) is 14.2 Å². The Morgan fingerprint density at radius 1 is 1.00 bits per heavy atom. The zero-order valence-corrected chi connectivity index (χ0v) is 9.21. The lowest BCUT2D eigenvalue weighted by Gasteiger charge is -2.13. The highest BCUT2D eigenvalue weighted by molar-refractivity contribution is 6.14. The molecule has 4 heteroatoms. The Kier molecular flexibility index (Phi) is 4.34. The molecule has 0 unspecified atom stereocenters. The minimum atomic E-state index is -0.674. The van der Waals surface area contributed by atoms with Gasteiger partial charge in [-0.1, -0.05) is 26.8 Å². The van der Waals surface area contributed by atoms with E-state index in [0.29, 0.717) is 0 Å². The summed E-state index contributed by atoms with van der Waals surface area (Å²) in [4.78, 5) is 22.4. The molecule has 0 rings (SSSR count). The molecule has 0 aliphatic rings. The van der Waals surface area contributed by atoms with Gasteiger partial charge in [-0.05, 0) is 5.41 Å². The summed E-state index contributed by atoms with van der Waals surface area (Å²) in [6, 6.07) is 0. The molecule has 0 atom stereocenters. The van der Waals surface area contributed by atoms with Crippen LogP contribution in [-0.4, -0.2) is 26.2 Å². The number of carbonyl (C=O) groups is 2. The molecule has 0 fully saturated rings. The summed E-state index contributed by atoms with van der Waals surface area (Å²) in [5.74, 6) is -1.35. The first-order valence-electron chi connectivity index (χ1n) is 4.21. The van der Waals surface area contributed by atoms with Crippen LogP contribution < -0.4 is 0 Å². The van der Waals surface area contributed by atoms with Gasteiger partial charge in [0.1, 0.15) is 5.57 Å². The number of rotatable bonds is 2. The number of methoxy groups -OCH3 is 2. The van der Waals surface area contributed by atoms with Gasteiger partial charge in [-0.25, -0.2) is 9.59 Å². The van der Waals surface area contributed by atoms with Crippen LogP contribution >= 0.6 is 0 Å². The first-order chi connectivity index (χ1) is 6.31. The molecule has 4 nitrogen and oxygen atoms in total. The summed E-state index contributed by atoms with van der Waals surface area (Å²) in [5, 5.41) is 0. The lowest BCUT2D eigenvalue weighted by molar-refractivity contribution is -0.144. The minimum absolute atomic E-state index is 0.0671. The highest BCUT2D eigenvalue weighted by Gasteiger charge is 2.22. The number of carbonyl (C=O) groups excluding carboxylic acids is 2. The van der Waals surface area contributed by atoms with E-state index in [-0.39, 0.29) is 11.0 Å². The van der Waals surface area contributed by atoms with Gasteiger partial charge in [-0.2, -0.15) is 0 Å². The molecule has 0 aromatic rings. The van der Waals surface area contributed by atoms with Crippen molar-refractivity contribution in [3.63, 3.8) is 0 Å². The Balaban J connectivity index is 5.01. The second kappa shape index (κ2) is 4.79. The Labute approximate surface area is 83.9 Å². The van der Waals surface area contributed by atoms with Gasteiger partial charge in [0, 0.05) is 0 Å². The van der Waals surface area contributed by atoms with Gasteiger partial charge >= 0.3 is 11.9 Å². The number of allylic oxidation sites excluding steroid dienone is 1. The van der Waals surface area contributed by atoms with E-state index in [1.807, 2.05) is 20.8 Å². The number of hydrogen-bond donors (Lipinski definition) is 0. The van der Waals surface area contributed by atoms with Crippen LogP contribution in [0.3, 0.4) is 0 Å². The van der Waals surface area contributed by atoms with Crippen molar-refractivity contribution in [2.24, 2.45) is 5.41 Å². The zero-order valence-electron chi connectivity index (χ0n) is 9.21. The topological polar surface area (TPSA) is 52.6 Å². The van der Waals surface area contributed by atoms with Crippen molar-refractivity contribution >= 4 is 11.9 Å². The summed E-state index contributed by atoms with van der Waals surface area (Å²) in [7, 11) is 2.45. The van der Waals surface area contributed by atoms with Gasteiger partial charge in [0.15, 0.2) is 0 Å². The highest BCUT2D eigenvalue weighted by Crippen LogP contribution is 2.18. The van der Waals surface area contributed by atoms with E-state index in [1.165, 1.54) is 20.3 Å². The van der Waals surface area contributed by atoms with Crippen LogP contribution in [-0.2, 0) is 19.1 Å². The van der Waals surface area contributed by atoms with Crippen molar-refractivity contribution in [1.29, 1.82) is 0 Å². The first-order valence-corrected chi connectivity index (χ1v) is 4.21. The van der Waals surface area contributed by atoms with Crippen molar-refractivity contribution in [1.82, 2.24) is 0 Å². The molecule has 0 saturated carbocycles. The minimum Gasteiger partial charge on any atom is -0.465 e. The molecule has 0 spiro atoms. The maximum atomic E-state index is 11.2. The second-order valence-corrected chi connectivity index (χ2v) is 3.91. The maximum Gasteiger partial charge on any atom is 0.344 e. The predicted molar refractivity (Wildman–Crippen MR) is 51.6 cm³/mol. The molecule has 0 bridgehead atoms. The zero-order chi connectivity index (χ0) is 11.4. The van der Waals surface area contributed by atoms with Crippen LogP contribution in [0.15, 0.2) is 11.6 Å². The summed E-state index contributed by atoms with van der Waals surface area (Å²) in [5.41, 5.74) is -0.347. The molecule has 80 valence electrons. The lowest BCUT2D eigenvalue weighted by Crippen LogP contribution is -2.18. The fourth-order valence-corrected chi connectivity index (χ4v) is 0.854. The third kappa shape index (κ3) is 4.07. The number of ether oxygens (including phenoxy) is 2. The van der Waals surface area contributed by atoms with E-state index in [0.717, 1.165) is 0 Å². The molecule has 0 saturated heterocycles. The van der Waals surface area contributed by atoms with Gasteiger partial charge in [0.25, 0.3) is 0 Å². The Morgan fingerprint density at radius 2 is 1.36 bits per heavy atom. The second-order valence-electron chi connectivity index (χ2n) is 3.91. The molecular weight excluding hydrogens is 184 g/mol. The average Bonchev–Trinajstić information content (AvgIpc) is 2.10. The number of esters is 2. The van der Waals surface area contributed by atoms with Crippen molar-refractivity contribution in [2.75, 3.05) is 14.2 Å². The van der Waals surface area contributed by atoms with Crippen LogP contribution in [0.5, 0.6) is 0 Å². The Bertz CT molecular complexity index is 240. The van der Waals surface area contributed by atoms with Crippen LogP contribution in [0, 0.1) is 5.41 Å². The molecule has 14 heavy (non-hydrogen) atoms. The molecule has 0 aromatic carbocycles. The monoisotopic (exact) mass is 200 g/mol. The number of hydrogen-bond acceptors (Lipinski definition) is 4. The fraction of sp³-hybridized carbons (Fsp3) is 0.600. The maximum absolute atomic E-state index is 11.2. The molecule has 0 aromatic heterocycles. The van der Waals surface area contributed by atoms with E-state index < -0.39 is 11.9 Å². The fourth-order valence-electron chi connectivity index (χ4n) is 0.854. The van der Waals surface area contributed by atoms with Gasteiger partial charge in [-0.3, -0.25) is 0 Å². The third-order valence-corrected chi connectivity index (χ3v) is 1.39. The lowest BCUT2D eigenvalue weighted by atomic mass is 9.93. The van der Waals surface area contributed by atoms with E-state index in [2.05, 4.69) is 9.47 Å². The Morgan fingerprint density at radius 3 is 1.57 bits per heavy atom. The molecule has 0 amide bonds. The Hall–Kier alpha value is -1.32. The summed E-state index contributed by atoms with van der Waals surface area (Å²) < 4.78 is 8.95. The van der Waals surface area contributed by atoms with Gasteiger partial charge in [-0.15, -0.1) is 0 Å². The van der Waals surface area contributed by atoms with Crippen LogP contribution in [0.2, 0.25) is 0 Å². The van der Waals surface area contributed by atoms with Crippen molar-refractivity contribution < 1.29 is 19.1 Å². The predicted octanol–water partition coefficient (Wildman–Crippen LogP) is 1.30. The van der Waals surface area contributed by atoms with E-state index in [1.54, 1.807) is 0 Å². The average molecular weight is 200 g/mol. The SMILES string of the molecule is COC(=O)C(=CC(C)(C)C)C(=O)OC. The van der Waals surface area contributed by atoms with Crippen molar-refractivity contribution in [3.05, 3.63) is 11.6 Å². The van der Waals surface area contributed by atoms with Gasteiger partial charge < -0.3 is 9.47 Å². The normalized spacial score (nSPS) is 10.4. The molecule has 0 aliphatic carbocycles. The quantitative estimate of drug-likeness (QED) is 0.292. The molecule has 0 radical (unpaired) electrons. The highest BCUT2D eigenvalue weighted by atomic mass is 16.5.